The third-order valence-electron chi connectivity index (χ3n) is 29.9. The molecule has 6 nitrogen and oxygen atoms in total. The third kappa shape index (κ3) is 15.2. The van der Waals surface area contributed by atoms with Crippen LogP contribution in [0.15, 0.2) is 522 Å². The fourth-order valence-corrected chi connectivity index (χ4v) is 23.1. The van der Waals surface area contributed by atoms with Crippen LogP contribution in [-0.2, 0) is 0 Å². The Labute approximate surface area is 843 Å². The van der Waals surface area contributed by atoms with Gasteiger partial charge in [-0.1, -0.05) is 364 Å². The Balaban J connectivity index is 0.617. The van der Waals surface area contributed by atoms with Crippen LogP contribution in [0.3, 0.4) is 0 Å². The summed E-state index contributed by atoms with van der Waals surface area (Å²) in [6.07, 6.45) is 0. The normalized spacial score (nSPS) is 12.4. The molecule has 8 heteroatoms. The van der Waals surface area contributed by atoms with E-state index in [4.69, 9.17) is 0 Å². The topological polar surface area (TPSA) is 19.4 Å². The predicted molar refractivity (Wildman–Crippen MR) is 611 cm³/mol. The van der Waals surface area contributed by atoms with Gasteiger partial charge in [-0.05, 0) is 341 Å². The zero-order valence-electron chi connectivity index (χ0n) is 80.5. The Bertz CT molecular complexity index is 8540. The minimum absolute atomic E-state index is 0.271. The minimum Gasteiger partial charge on any atom is -0.376 e. The molecule has 22 aromatic carbocycles. The molecule has 4 aliphatic heterocycles. The van der Waals surface area contributed by atoms with Gasteiger partial charge in [-0.15, -0.1) is 0 Å². The van der Waals surface area contributed by atoms with Crippen LogP contribution in [-0.4, -0.2) is 13.7 Å². The van der Waals surface area contributed by atoms with Crippen molar-refractivity contribution in [2.45, 2.75) is 27.7 Å². The van der Waals surface area contributed by atoms with Crippen LogP contribution >= 0.6 is 0 Å². The largest absolute Gasteiger partial charge is 0.376 e. The number of fused-ring (bicyclic) bond motifs is 8. The van der Waals surface area contributed by atoms with Crippen molar-refractivity contribution in [3.63, 3.8) is 0 Å². The smallest absolute Gasteiger partial charge is 0.333 e. The number of hydrogen-bond donors (Lipinski definition) is 0. The first kappa shape index (κ1) is 86.1. The first-order chi connectivity index (χ1) is 71.1. The lowest BCUT2D eigenvalue weighted by molar-refractivity contribution is 1.24. The molecule has 0 spiro atoms. The van der Waals surface area contributed by atoms with E-state index in [9.17, 15) is 0 Å². The minimum atomic E-state index is -0.306. The van der Waals surface area contributed by atoms with Crippen LogP contribution in [0.5, 0.6) is 0 Å². The molecule has 26 rings (SSSR count). The summed E-state index contributed by atoms with van der Waals surface area (Å²) >= 11 is 0. The molecule has 0 aliphatic carbocycles. The number of benzene rings is 22. The number of nitrogens with zero attached hydrogens (tertiary/aromatic N) is 6. The highest BCUT2D eigenvalue weighted by Crippen LogP contribution is 2.56. The van der Waals surface area contributed by atoms with Gasteiger partial charge >= 0.3 is 13.7 Å². The van der Waals surface area contributed by atoms with Crippen LogP contribution < -0.4 is 51.1 Å². The molecule has 22 aromatic rings. The van der Waals surface area contributed by atoms with Crippen LogP contribution in [0.25, 0.3) is 122 Å². The molecular weight excluding hydrogens is 1740 g/mol. The van der Waals surface area contributed by atoms with Crippen LogP contribution in [0.1, 0.15) is 22.3 Å². The monoisotopic (exact) mass is 1840 g/mol. The molecule has 0 saturated heterocycles. The van der Waals surface area contributed by atoms with Gasteiger partial charge in [-0.2, -0.15) is 0 Å². The van der Waals surface area contributed by atoms with Crippen LogP contribution in [0.4, 0.5) is 91.0 Å². The first-order valence-electron chi connectivity index (χ1n) is 50.0. The highest BCUT2D eigenvalue weighted by molar-refractivity contribution is 6.94. The quantitative estimate of drug-likeness (QED) is 0.0746. The molecule has 0 bridgehead atoms. The van der Waals surface area contributed by atoms with E-state index in [0.29, 0.717) is 0 Å². The number of para-hydroxylation sites is 4. The van der Waals surface area contributed by atoms with E-state index in [-0.39, 0.29) is 13.7 Å². The fraction of sp³-hybridized carbons (Fsp3) is 0.0294. The fourth-order valence-electron chi connectivity index (χ4n) is 23.1. The van der Waals surface area contributed by atoms with Crippen molar-refractivity contribution in [2.75, 3.05) is 29.2 Å². The summed E-state index contributed by atoms with van der Waals surface area (Å²) in [6, 6.07) is 195. The molecule has 144 heavy (non-hydrogen) atoms. The zero-order chi connectivity index (χ0) is 96.0. The van der Waals surface area contributed by atoms with Crippen molar-refractivity contribution < 1.29 is 0 Å². The molecule has 0 amide bonds. The summed E-state index contributed by atoms with van der Waals surface area (Å²) in [4.78, 5) is 15.3. The summed E-state index contributed by atoms with van der Waals surface area (Å²) in [5, 5.41) is 0. The van der Waals surface area contributed by atoms with E-state index in [1.807, 2.05) is 0 Å². The lowest BCUT2D eigenvalue weighted by Crippen LogP contribution is -2.61. The van der Waals surface area contributed by atoms with E-state index in [1.165, 1.54) is 99.7 Å². The summed E-state index contributed by atoms with van der Waals surface area (Å²) in [7, 11) is 0. The second kappa shape index (κ2) is 36.2. The van der Waals surface area contributed by atoms with Gasteiger partial charge in [0.05, 0.1) is 0 Å². The Morgan fingerprint density at radius 3 is 0.944 bits per heavy atom. The number of anilines is 16. The van der Waals surface area contributed by atoms with Gasteiger partial charge < -0.3 is 29.2 Å². The maximum Gasteiger partial charge on any atom is 0.333 e. The van der Waals surface area contributed by atoms with Crippen molar-refractivity contribution in [1.29, 1.82) is 0 Å². The standard InChI is InChI=1S/C136H98B2N6/c1-91-53-54-108(99-43-22-9-23-44-99)86-130(91)142-129-79-67-107(98-41-20-8-21-42-98)85-126(129)138-135-123(83-110(88-133(135)142)134-92(2)33-32-34-93(134)3)121-77-74-119(140(113-49-28-12-29-50-113)114-51-30-13-31-52-114)90-131(121)144(138)117-72-63-103(64-73-117)100-55-57-104(58-56-100)105-65-76-120(94(4)81-105)109-82-124-122-89-118(139(111-45-24-10-25-46-111)112-47-26-11-27-48-112)75-80-127(122)143(116-70-61-102(62-71-116)96-37-16-6-17-38-96)137-125-84-106(97-39-18-7-19-40-97)66-78-128(125)141(132(87-109)136(124)137)115-68-59-101(60-69-115)95-35-14-5-15-36-95/h5-90H,1-4H3. The number of hydrogen-bond acceptors (Lipinski definition) is 6. The van der Waals surface area contributed by atoms with Gasteiger partial charge in [0.2, 0.25) is 0 Å². The molecule has 0 saturated carbocycles. The molecule has 0 unspecified atom stereocenters. The molecule has 4 heterocycles. The van der Waals surface area contributed by atoms with Crippen LogP contribution in [0, 0.1) is 27.7 Å². The average Bonchev–Trinajstić information content (AvgIpc) is 0.690. The van der Waals surface area contributed by atoms with Crippen molar-refractivity contribution in [1.82, 2.24) is 0 Å². The highest BCUT2D eigenvalue weighted by atomic mass is 15.2. The third-order valence-corrected chi connectivity index (χ3v) is 29.9. The molecule has 0 atom stereocenters. The summed E-state index contributed by atoms with van der Waals surface area (Å²) < 4.78 is 0. The van der Waals surface area contributed by atoms with E-state index < -0.39 is 0 Å². The SMILES string of the molecule is Cc1cc(-c2ccc(-c3ccc(N4B5c6cc(-c7ccccc7)ccc6N(c6cc(-c7ccccc7)ccc6C)c6cc(-c7c(C)cccc7C)cc(c65)-c5ccc(N(c6ccccc6)c6ccccc6)cc54)cc3)cc2)ccc1-c1cc2c3c(c1)N(c1ccc(-c4ccccc4)cc1)c1ccc(-c4ccccc4)cc1B3N(c1ccc(-c3ccccc3)cc1)c1ccc(N(c3ccccc3)c3ccccc3)cc1-2. The molecule has 0 aromatic heterocycles. The first-order valence-corrected chi connectivity index (χ1v) is 50.0. The van der Waals surface area contributed by atoms with E-state index in [1.54, 1.807) is 0 Å². The van der Waals surface area contributed by atoms with E-state index in [2.05, 4.69) is 579 Å². The Morgan fingerprint density at radius 1 is 0.160 bits per heavy atom. The van der Waals surface area contributed by atoms with E-state index in [0.717, 1.165) is 158 Å². The Hall–Kier alpha value is -18.2. The maximum atomic E-state index is 2.68. The molecular formula is C136H98B2N6. The molecule has 0 fully saturated rings. The predicted octanol–water partition coefficient (Wildman–Crippen LogP) is 34.3. The summed E-state index contributed by atoms with van der Waals surface area (Å²) in [6.45, 7) is 8.54. The number of aryl methyl sites for hydroxylation is 4. The molecule has 4 aliphatic rings. The van der Waals surface area contributed by atoms with Crippen molar-refractivity contribution in [3.05, 3.63) is 544 Å². The zero-order valence-corrected chi connectivity index (χ0v) is 80.5. The lowest BCUT2D eigenvalue weighted by Gasteiger charge is -2.46. The highest BCUT2D eigenvalue weighted by Gasteiger charge is 2.49. The Kier molecular flexibility index (Phi) is 21.7. The van der Waals surface area contributed by atoms with Gasteiger partial charge in [-0.25, -0.2) is 0 Å². The average molecular weight is 1840 g/mol. The second-order valence-electron chi connectivity index (χ2n) is 38.4. The van der Waals surface area contributed by atoms with Gasteiger partial charge in [0.15, 0.2) is 0 Å². The molecule has 0 N–H and O–H groups in total. The molecule has 678 valence electrons. The maximum absolute atomic E-state index is 2.68. The van der Waals surface area contributed by atoms with Crippen molar-refractivity contribution in [3.8, 4) is 122 Å². The molecule has 0 radical (unpaired) electrons. The second-order valence-corrected chi connectivity index (χ2v) is 38.4. The van der Waals surface area contributed by atoms with Gasteiger partial charge in [0.1, 0.15) is 0 Å². The van der Waals surface area contributed by atoms with Gasteiger partial charge in [-0.3, -0.25) is 0 Å². The number of rotatable bonds is 19. The Morgan fingerprint density at radius 2 is 0.479 bits per heavy atom. The van der Waals surface area contributed by atoms with Gasteiger partial charge in [0.25, 0.3) is 0 Å². The van der Waals surface area contributed by atoms with Gasteiger partial charge in [0, 0.05) is 102 Å². The van der Waals surface area contributed by atoms with Crippen molar-refractivity contribution >= 4 is 127 Å². The summed E-state index contributed by atoms with van der Waals surface area (Å²) in [5.74, 6) is 0. The lowest BCUT2D eigenvalue weighted by atomic mass is 9.43. The van der Waals surface area contributed by atoms with E-state index >= 15 is 0 Å². The van der Waals surface area contributed by atoms with Crippen LogP contribution in [0.2, 0.25) is 0 Å². The van der Waals surface area contributed by atoms with Crippen molar-refractivity contribution in [2.24, 2.45) is 0 Å². The summed E-state index contributed by atoms with van der Waals surface area (Å²) in [5.41, 5.74) is 53.0.